The number of benzene rings is 2. The Hall–Kier alpha value is -2.49. The van der Waals surface area contributed by atoms with Crippen molar-refractivity contribution >= 4 is 17.3 Å². The van der Waals surface area contributed by atoms with E-state index in [9.17, 15) is 4.79 Å². The molecular formula is C25H38N2O2. The Bertz CT molecular complexity index is 696. The van der Waals surface area contributed by atoms with Crippen LogP contribution in [0.15, 0.2) is 48.5 Å². The highest BCUT2D eigenvalue weighted by atomic mass is 16.5. The van der Waals surface area contributed by atoms with Crippen LogP contribution in [0.1, 0.15) is 51.7 Å². The molecule has 29 heavy (non-hydrogen) atoms. The van der Waals surface area contributed by atoms with Gasteiger partial charge in [-0.05, 0) is 64.8 Å². The molecule has 0 spiro atoms. The molecule has 2 aromatic rings. The van der Waals surface area contributed by atoms with Crippen LogP contribution in [-0.4, -0.2) is 31.7 Å². The summed E-state index contributed by atoms with van der Waals surface area (Å²) < 4.78 is 5.10. The Morgan fingerprint density at radius 1 is 0.931 bits per heavy atom. The van der Waals surface area contributed by atoms with E-state index in [4.69, 9.17) is 4.74 Å². The molecule has 0 fully saturated rings. The van der Waals surface area contributed by atoms with Crippen molar-refractivity contribution in [3.8, 4) is 0 Å². The summed E-state index contributed by atoms with van der Waals surface area (Å²) in [5, 5.41) is 3.32. The molecule has 0 saturated carbocycles. The van der Waals surface area contributed by atoms with Crippen LogP contribution in [0.2, 0.25) is 0 Å². The number of carbonyl (C=O) groups is 1. The summed E-state index contributed by atoms with van der Waals surface area (Å²) in [5.41, 5.74) is 4.83. The van der Waals surface area contributed by atoms with Gasteiger partial charge in [0.25, 0.3) is 0 Å². The Kier molecular flexibility index (Phi) is 11.6. The Morgan fingerprint density at radius 3 is 1.97 bits per heavy atom. The van der Waals surface area contributed by atoms with Crippen LogP contribution in [0.25, 0.3) is 0 Å². The lowest BCUT2D eigenvalue weighted by molar-refractivity contribution is -0.144. The average Bonchev–Trinajstić information content (AvgIpc) is 2.72. The van der Waals surface area contributed by atoms with Gasteiger partial charge in [-0.15, -0.1) is 0 Å². The van der Waals surface area contributed by atoms with Crippen LogP contribution in [0.4, 0.5) is 11.4 Å². The lowest BCUT2D eigenvalue weighted by Gasteiger charge is -2.29. The van der Waals surface area contributed by atoms with Crippen molar-refractivity contribution in [2.45, 2.75) is 60.4 Å². The molecule has 0 aromatic heterocycles. The zero-order chi connectivity index (χ0) is 21.6. The molecule has 0 aliphatic carbocycles. The SMILES string of the molecule is CCCN(c1ccc(C)cc1)C(C)C(=O)OCC.CCCNc1ccc(C)cc1. The summed E-state index contributed by atoms with van der Waals surface area (Å²) in [5.74, 6) is -0.161. The molecule has 0 heterocycles. The van der Waals surface area contributed by atoms with Crippen LogP contribution < -0.4 is 10.2 Å². The zero-order valence-corrected chi connectivity index (χ0v) is 19.0. The summed E-state index contributed by atoms with van der Waals surface area (Å²) in [7, 11) is 0. The van der Waals surface area contributed by atoms with Crippen molar-refractivity contribution < 1.29 is 9.53 Å². The quantitative estimate of drug-likeness (QED) is 0.528. The van der Waals surface area contributed by atoms with Gasteiger partial charge in [-0.1, -0.05) is 49.2 Å². The van der Waals surface area contributed by atoms with Crippen LogP contribution >= 0.6 is 0 Å². The highest BCUT2D eigenvalue weighted by Crippen LogP contribution is 2.19. The van der Waals surface area contributed by atoms with Crippen molar-refractivity contribution in [1.82, 2.24) is 0 Å². The summed E-state index contributed by atoms with van der Waals surface area (Å²) >= 11 is 0. The summed E-state index contributed by atoms with van der Waals surface area (Å²) in [6.07, 6.45) is 2.17. The molecule has 4 nitrogen and oxygen atoms in total. The van der Waals surface area contributed by atoms with E-state index in [0.717, 1.165) is 25.2 Å². The van der Waals surface area contributed by atoms with Gasteiger partial charge < -0.3 is 15.0 Å². The Labute approximate surface area is 177 Å². The molecule has 0 radical (unpaired) electrons. The first-order valence-corrected chi connectivity index (χ1v) is 10.7. The molecule has 0 bridgehead atoms. The fourth-order valence-electron chi connectivity index (χ4n) is 2.85. The smallest absolute Gasteiger partial charge is 0.328 e. The fraction of sp³-hybridized carbons (Fsp3) is 0.480. The van der Waals surface area contributed by atoms with E-state index in [-0.39, 0.29) is 12.0 Å². The van der Waals surface area contributed by atoms with Crippen LogP contribution in [-0.2, 0) is 9.53 Å². The van der Waals surface area contributed by atoms with Gasteiger partial charge in [0, 0.05) is 24.5 Å². The first-order valence-electron chi connectivity index (χ1n) is 10.7. The second-order valence-electron chi connectivity index (χ2n) is 7.25. The molecule has 4 heteroatoms. The van der Waals surface area contributed by atoms with Gasteiger partial charge in [-0.3, -0.25) is 0 Å². The normalized spacial score (nSPS) is 11.1. The van der Waals surface area contributed by atoms with Crippen molar-refractivity contribution in [2.75, 3.05) is 29.9 Å². The number of anilines is 2. The van der Waals surface area contributed by atoms with Gasteiger partial charge in [0.1, 0.15) is 6.04 Å². The molecule has 160 valence electrons. The molecule has 1 unspecified atom stereocenters. The number of rotatable bonds is 9. The van der Waals surface area contributed by atoms with E-state index >= 15 is 0 Å². The van der Waals surface area contributed by atoms with Crippen LogP contribution in [0.3, 0.4) is 0 Å². The molecule has 2 aromatic carbocycles. The van der Waals surface area contributed by atoms with Gasteiger partial charge in [0.05, 0.1) is 6.61 Å². The molecule has 0 aliphatic heterocycles. The standard InChI is InChI=1S/C15H23NO2.C10H15N/c1-5-11-16(13(4)15(17)18-6-2)14-9-7-12(3)8-10-14;1-3-8-11-10-6-4-9(2)5-7-10/h7-10,13H,5-6,11H2,1-4H3;4-7,11H,3,8H2,1-2H3. The van der Waals surface area contributed by atoms with Gasteiger partial charge in [-0.25, -0.2) is 4.79 Å². The zero-order valence-electron chi connectivity index (χ0n) is 19.0. The molecular weight excluding hydrogens is 360 g/mol. The van der Waals surface area contributed by atoms with E-state index < -0.39 is 0 Å². The third kappa shape index (κ3) is 9.03. The molecule has 1 N–H and O–H groups in total. The van der Waals surface area contributed by atoms with Gasteiger partial charge in [0.2, 0.25) is 0 Å². The van der Waals surface area contributed by atoms with Crippen molar-refractivity contribution in [3.05, 3.63) is 59.7 Å². The highest BCUT2D eigenvalue weighted by molar-refractivity contribution is 5.79. The number of hydrogen-bond acceptors (Lipinski definition) is 4. The van der Waals surface area contributed by atoms with E-state index in [2.05, 4.69) is 86.4 Å². The minimum Gasteiger partial charge on any atom is -0.464 e. The predicted octanol–water partition coefficient (Wildman–Crippen LogP) is 5.98. The van der Waals surface area contributed by atoms with Crippen molar-refractivity contribution in [1.29, 1.82) is 0 Å². The molecule has 1 atom stereocenters. The maximum atomic E-state index is 11.8. The predicted molar refractivity (Wildman–Crippen MR) is 125 cm³/mol. The van der Waals surface area contributed by atoms with Crippen LogP contribution in [0, 0.1) is 13.8 Å². The molecule has 0 aliphatic rings. The van der Waals surface area contributed by atoms with Crippen molar-refractivity contribution in [2.24, 2.45) is 0 Å². The van der Waals surface area contributed by atoms with Gasteiger partial charge in [0.15, 0.2) is 0 Å². The first-order chi connectivity index (χ1) is 13.9. The van der Waals surface area contributed by atoms with E-state index in [1.807, 2.05) is 13.8 Å². The lowest BCUT2D eigenvalue weighted by Crippen LogP contribution is -2.40. The van der Waals surface area contributed by atoms with E-state index in [1.165, 1.54) is 23.2 Å². The number of aryl methyl sites for hydroxylation is 2. The first kappa shape index (κ1) is 24.5. The van der Waals surface area contributed by atoms with Crippen LogP contribution in [0.5, 0.6) is 0 Å². The summed E-state index contributed by atoms with van der Waals surface area (Å²) in [6.45, 7) is 14.5. The number of esters is 1. The number of nitrogens with zero attached hydrogens (tertiary/aromatic N) is 1. The topological polar surface area (TPSA) is 41.6 Å². The molecule has 0 amide bonds. The third-order valence-electron chi connectivity index (χ3n) is 4.56. The maximum Gasteiger partial charge on any atom is 0.328 e. The number of carbonyl (C=O) groups excluding carboxylic acids is 1. The Balaban J connectivity index is 0.000000326. The minimum atomic E-state index is -0.243. The largest absolute Gasteiger partial charge is 0.464 e. The number of hydrogen-bond donors (Lipinski definition) is 1. The lowest BCUT2D eigenvalue weighted by atomic mass is 10.1. The monoisotopic (exact) mass is 398 g/mol. The second-order valence-corrected chi connectivity index (χ2v) is 7.25. The minimum absolute atomic E-state index is 0.161. The van der Waals surface area contributed by atoms with E-state index in [1.54, 1.807) is 0 Å². The second kappa shape index (κ2) is 13.6. The van der Waals surface area contributed by atoms with E-state index in [0.29, 0.717) is 6.61 Å². The summed E-state index contributed by atoms with van der Waals surface area (Å²) in [6, 6.07) is 16.5. The van der Waals surface area contributed by atoms with Crippen molar-refractivity contribution in [3.63, 3.8) is 0 Å². The summed E-state index contributed by atoms with van der Waals surface area (Å²) in [4.78, 5) is 13.9. The van der Waals surface area contributed by atoms with Gasteiger partial charge in [-0.2, -0.15) is 0 Å². The Morgan fingerprint density at radius 2 is 1.48 bits per heavy atom. The number of ether oxygens (including phenoxy) is 1. The maximum absolute atomic E-state index is 11.8. The highest BCUT2D eigenvalue weighted by Gasteiger charge is 2.22. The average molecular weight is 399 g/mol. The van der Waals surface area contributed by atoms with Gasteiger partial charge >= 0.3 is 5.97 Å². The molecule has 0 saturated heterocycles. The number of nitrogens with one attached hydrogen (secondary N) is 1. The third-order valence-corrected chi connectivity index (χ3v) is 4.56. The molecule has 2 rings (SSSR count). The fourth-order valence-corrected chi connectivity index (χ4v) is 2.85.